The Hall–Kier alpha value is 0.296. The van der Waals surface area contributed by atoms with E-state index in [1.54, 1.807) is 0 Å². The van der Waals surface area contributed by atoms with Crippen LogP contribution in [0, 0.1) is 0 Å². The predicted octanol–water partition coefficient (Wildman–Crippen LogP) is 4.33. The summed E-state index contributed by atoms with van der Waals surface area (Å²) in [5, 5.41) is 0. The van der Waals surface area contributed by atoms with Gasteiger partial charge in [-0.1, -0.05) is 24.9 Å². The zero-order chi connectivity index (χ0) is 8.81. The van der Waals surface area contributed by atoms with E-state index in [0.29, 0.717) is 0 Å². The molecule has 0 heterocycles. The van der Waals surface area contributed by atoms with Crippen LogP contribution in [-0.4, -0.2) is 0 Å². The molecule has 0 aromatic heterocycles. The van der Waals surface area contributed by atoms with Crippen LogP contribution >= 0.6 is 31.9 Å². The SMILES string of the molecule is Brc1ccc[c-]1Br.[Os].[cH-]1[cH-][cH-][cH-][cH-]1. The van der Waals surface area contributed by atoms with Crippen molar-refractivity contribution in [3.8, 4) is 0 Å². The molecule has 0 unspecified atom stereocenters. The Bertz CT molecular complexity index is 265. The fourth-order valence-corrected chi connectivity index (χ4v) is 1.27. The fourth-order valence-electron chi connectivity index (χ4n) is 0.697. The van der Waals surface area contributed by atoms with Crippen LogP contribution in [0.1, 0.15) is 0 Å². The van der Waals surface area contributed by atoms with Gasteiger partial charge in [0.2, 0.25) is 0 Å². The van der Waals surface area contributed by atoms with Gasteiger partial charge >= 0.3 is 0 Å². The van der Waals surface area contributed by atoms with E-state index in [9.17, 15) is 0 Å². The van der Waals surface area contributed by atoms with Crippen molar-refractivity contribution in [1.29, 1.82) is 0 Å². The molecule has 0 atom stereocenters. The Kier molecular flexibility index (Phi) is 7.85. The predicted molar refractivity (Wildman–Crippen MR) is 59.5 cm³/mol. The molecular weight excluding hydrogens is 470 g/mol. The second-order valence-corrected chi connectivity index (χ2v) is 3.89. The minimum atomic E-state index is 0. The summed E-state index contributed by atoms with van der Waals surface area (Å²) in [7, 11) is 0. The molecule has 0 amide bonds. The van der Waals surface area contributed by atoms with Crippen LogP contribution in [0.25, 0.3) is 0 Å². The van der Waals surface area contributed by atoms with Crippen LogP contribution in [0.3, 0.4) is 0 Å². The summed E-state index contributed by atoms with van der Waals surface area (Å²) in [6.45, 7) is 0. The quantitative estimate of drug-likeness (QED) is 0.495. The summed E-state index contributed by atoms with van der Waals surface area (Å²) in [4.78, 5) is 0. The molecule has 0 spiro atoms. The van der Waals surface area contributed by atoms with Gasteiger partial charge in [-0.15, -0.1) is 15.9 Å². The molecule has 0 nitrogen and oxygen atoms in total. The van der Waals surface area contributed by atoms with Crippen LogP contribution < -0.4 is 0 Å². The third-order valence-electron chi connectivity index (χ3n) is 1.27. The normalized spacial score (nSPS) is 8.15. The Morgan fingerprint density at radius 3 is 1.69 bits per heavy atom. The molecule has 0 saturated heterocycles. The van der Waals surface area contributed by atoms with Gasteiger partial charge in [0.1, 0.15) is 0 Å². The van der Waals surface area contributed by atoms with Gasteiger partial charge in [-0.3, -0.25) is 0 Å². The maximum atomic E-state index is 3.32. The molecule has 0 saturated carbocycles. The summed E-state index contributed by atoms with van der Waals surface area (Å²) in [5.74, 6) is 0. The number of rotatable bonds is 0. The molecule has 0 radical (unpaired) electrons. The number of hydrogen-bond donors (Lipinski definition) is 0. The van der Waals surface area contributed by atoms with Gasteiger partial charge in [0.15, 0.2) is 0 Å². The molecule has 0 fully saturated rings. The van der Waals surface area contributed by atoms with Crippen molar-refractivity contribution in [3.05, 3.63) is 57.5 Å². The van der Waals surface area contributed by atoms with Gasteiger partial charge in [0, 0.05) is 19.8 Å². The van der Waals surface area contributed by atoms with Crippen LogP contribution in [-0.2, 0) is 19.8 Å². The molecule has 2 rings (SSSR count). The molecule has 0 bridgehead atoms. The Balaban J connectivity index is 0.000000215. The van der Waals surface area contributed by atoms with Crippen molar-refractivity contribution in [2.45, 2.75) is 0 Å². The molecule has 3 heteroatoms. The molecule has 2 aromatic carbocycles. The van der Waals surface area contributed by atoms with Crippen LogP contribution in [0.5, 0.6) is 0 Å². The summed E-state index contributed by atoms with van der Waals surface area (Å²) in [6, 6.07) is 16.0. The first kappa shape index (κ1) is 13.3. The van der Waals surface area contributed by atoms with Crippen molar-refractivity contribution < 1.29 is 19.8 Å². The van der Waals surface area contributed by atoms with Gasteiger partial charge < -0.3 is 30.3 Å². The average molecular weight is 478 g/mol. The number of hydrogen-bond acceptors (Lipinski definition) is 0. The Morgan fingerprint density at radius 2 is 1.54 bits per heavy atom. The van der Waals surface area contributed by atoms with E-state index in [1.807, 2.05) is 48.5 Å². The topological polar surface area (TPSA) is 0 Å². The van der Waals surface area contributed by atoms with Crippen molar-refractivity contribution >= 4 is 31.9 Å². The van der Waals surface area contributed by atoms with Crippen molar-refractivity contribution in [2.75, 3.05) is 0 Å². The van der Waals surface area contributed by atoms with Gasteiger partial charge in [-0.25, -0.2) is 6.07 Å². The first-order chi connectivity index (χ1) is 5.80. The first-order valence-corrected chi connectivity index (χ1v) is 5.12. The van der Waals surface area contributed by atoms with E-state index in [2.05, 4.69) is 31.9 Å². The summed E-state index contributed by atoms with van der Waals surface area (Å²) in [5.41, 5.74) is 0. The third kappa shape index (κ3) is 5.57. The maximum absolute atomic E-state index is 3.32. The van der Waals surface area contributed by atoms with E-state index in [-0.39, 0.29) is 19.8 Å². The molecule has 0 aliphatic carbocycles. The van der Waals surface area contributed by atoms with E-state index in [4.69, 9.17) is 0 Å². The van der Waals surface area contributed by atoms with Crippen LogP contribution in [0.2, 0.25) is 0 Å². The smallest absolute Gasteiger partial charge is 0 e. The molecule has 0 aliphatic heterocycles. The van der Waals surface area contributed by atoms with Crippen molar-refractivity contribution in [3.63, 3.8) is 0 Å². The molecule has 2 aromatic rings. The standard InChI is InChI=1S/C5H3Br2.C5H5.Os/c6-4-2-1-3-5(4)7;1-2-4-5-3-1;/h1-3H;1-5H;/q-1;-5;. The maximum Gasteiger partial charge on any atom is 0 e. The van der Waals surface area contributed by atoms with Crippen molar-refractivity contribution in [1.82, 2.24) is 0 Å². The van der Waals surface area contributed by atoms with E-state index >= 15 is 0 Å². The summed E-state index contributed by atoms with van der Waals surface area (Å²) in [6.07, 6.45) is 0. The third-order valence-corrected chi connectivity index (χ3v) is 3.18. The largest absolute Gasteiger partial charge is 0.748 e. The fraction of sp³-hybridized carbons (Fsp3) is 0. The van der Waals surface area contributed by atoms with Crippen molar-refractivity contribution in [2.24, 2.45) is 0 Å². The molecule has 13 heavy (non-hydrogen) atoms. The Labute approximate surface area is 108 Å². The van der Waals surface area contributed by atoms with Gasteiger partial charge in [-0.05, 0) is 0 Å². The van der Waals surface area contributed by atoms with E-state index < -0.39 is 0 Å². The first-order valence-electron chi connectivity index (χ1n) is 3.54. The molecule has 0 N–H and O–H groups in total. The van der Waals surface area contributed by atoms with E-state index in [1.165, 1.54) is 0 Å². The monoisotopic (exact) mass is 478 g/mol. The zero-order valence-electron chi connectivity index (χ0n) is 6.73. The second kappa shape index (κ2) is 7.68. The van der Waals surface area contributed by atoms with Gasteiger partial charge in [0.25, 0.3) is 0 Å². The van der Waals surface area contributed by atoms with Crippen LogP contribution in [0.15, 0.2) is 57.5 Å². The molecular formula is C10H8Br2Os-6. The minimum Gasteiger partial charge on any atom is -0.748 e. The molecule has 0 aliphatic rings. The average Bonchev–Trinajstić information content (AvgIpc) is 2.67. The van der Waals surface area contributed by atoms with Gasteiger partial charge in [0.05, 0.1) is 0 Å². The summed E-state index contributed by atoms with van der Waals surface area (Å²) < 4.78 is 2.24. The van der Waals surface area contributed by atoms with E-state index in [0.717, 1.165) is 8.95 Å². The minimum absolute atomic E-state index is 0. The van der Waals surface area contributed by atoms with Crippen LogP contribution in [0.4, 0.5) is 0 Å². The molecule has 76 valence electrons. The summed E-state index contributed by atoms with van der Waals surface area (Å²) >= 11 is 6.64. The number of halogens is 2. The zero-order valence-corrected chi connectivity index (χ0v) is 12.4. The van der Waals surface area contributed by atoms with Gasteiger partial charge in [-0.2, -0.15) is 12.1 Å². The Morgan fingerprint density at radius 1 is 1.08 bits per heavy atom. The second-order valence-electron chi connectivity index (χ2n) is 2.18.